The number of hydrogen-bond donors (Lipinski definition) is 2. The molecule has 2 N–H and O–H groups in total. The highest BCUT2D eigenvalue weighted by molar-refractivity contribution is 6.31. The maximum Gasteiger partial charge on any atom is 0.325 e. The molecule has 0 unspecified atom stereocenters. The number of piperidine rings is 1. The normalized spacial score (nSPS) is 15.2. The number of esters is 1. The highest BCUT2D eigenvalue weighted by Crippen LogP contribution is 2.34. The fourth-order valence-electron chi connectivity index (χ4n) is 3.82. The molecule has 1 heterocycles. The summed E-state index contributed by atoms with van der Waals surface area (Å²) in [6.07, 6.45) is 1.58. The standard InChI is InChI=1S/C24H23ClFN3O5/c25-17-3-6-20(19(11-17)23(33)28-13-21(30)31)34-22(32)14-29-9-7-24(15-27,8-10-29)12-16-1-4-18(26)5-2-16/h1-6,11H,7-10,12-14H2,(H,28,33)(H,30,31). The second-order valence-electron chi connectivity index (χ2n) is 8.16. The van der Waals surface area contributed by atoms with Crippen LogP contribution in [-0.2, 0) is 16.0 Å². The number of carbonyl (C=O) groups excluding carboxylic acids is 2. The maximum absolute atomic E-state index is 13.2. The minimum Gasteiger partial charge on any atom is -0.480 e. The van der Waals surface area contributed by atoms with Gasteiger partial charge < -0.3 is 15.2 Å². The Morgan fingerprint density at radius 3 is 2.47 bits per heavy atom. The molecule has 0 aliphatic carbocycles. The molecule has 2 aromatic rings. The Morgan fingerprint density at radius 1 is 1.18 bits per heavy atom. The number of rotatable bonds is 8. The van der Waals surface area contributed by atoms with Gasteiger partial charge in [-0.05, 0) is 55.2 Å². The predicted molar refractivity (Wildman–Crippen MR) is 121 cm³/mol. The monoisotopic (exact) mass is 487 g/mol. The van der Waals surface area contributed by atoms with Crippen molar-refractivity contribution >= 4 is 29.4 Å². The van der Waals surface area contributed by atoms with Crippen LogP contribution in [0.5, 0.6) is 5.75 Å². The van der Waals surface area contributed by atoms with Gasteiger partial charge in [0.15, 0.2) is 0 Å². The van der Waals surface area contributed by atoms with Crippen molar-refractivity contribution in [3.63, 3.8) is 0 Å². The lowest BCUT2D eigenvalue weighted by Crippen LogP contribution is -2.43. The van der Waals surface area contributed by atoms with Gasteiger partial charge in [-0.25, -0.2) is 4.39 Å². The Balaban J connectivity index is 1.58. The van der Waals surface area contributed by atoms with E-state index >= 15 is 0 Å². The first-order valence-corrected chi connectivity index (χ1v) is 11.0. The topological polar surface area (TPSA) is 120 Å². The number of aliphatic carboxylic acids is 1. The Kier molecular flexibility index (Phi) is 8.21. The molecule has 1 aliphatic heterocycles. The lowest BCUT2D eigenvalue weighted by Gasteiger charge is -2.37. The molecule has 1 saturated heterocycles. The molecule has 1 fully saturated rings. The summed E-state index contributed by atoms with van der Waals surface area (Å²) in [5.41, 5.74) is 0.236. The third kappa shape index (κ3) is 6.76. The third-order valence-corrected chi connectivity index (χ3v) is 5.90. The molecule has 0 radical (unpaired) electrons. The van der Waals surface area contributed by atoms with Gasteiger partial charge in [-0.3, -0.25) is 19.3 Å². The van der Waals surface area contributed by atoms with E-state index in [4.69, 9.17) is 21.4 Å². The number of carbonyl (C=O) groups is 3. The summed E-state index contributed by atoms with van der Waals surface area (Å²) in [5.74, 6) is -2.90. The van der Waals surface area contributed by atoms with Crippen molar-refractivity contribution in [2.45, 2.75) is 19.3 Å². The van der Waals surface area contributed by atoms with E-state index in [2.05, 4.69) is 11.4 Å². The molecule has 0 atom stereocenters. The molecule has 0 bridgehead atoms. The minimum absolute atomic E-state index is 0.0306. The molecule has 8 nitrogen and oxygen atoms in total. The van der Waals surface area contributed by atoms with Gasteiger partial charge >= 0.3 is 11.9 Å². The number of nitrogens with one attached hydrogen (secondary N) is 1. The average molecular weight is 488 g/mol. The number of amides is 1. The van der Waals surface area contributed by atoms with E-state index in [1.54, 1.807) is 12.1 Å². The maximum atomic E-state index is 13.2. The van der Waals surface area contributed by atoms with Crippen LogP contribution in [-0.4, -0.2) is 54.0 Å². The van der Waals surface area contributed by atoms with E-state index in [-0.39, 0.29) is 28.7 Å². The Morgan fingerprint density at radius 2 is 1.85 bits per heavy atom. The van der Waals surface area contributed by atoms with E-state index in [1.807, 2.05) is 4.90 Å². The van der Waals surface area contributed by atoms with Gasteiger partial charge in [0.1, 0.15) is 18.1 Å². The molecule has 2 aromatic carbocycles. The molecule has 34 heavy (non-hydrogen) atoms. The van der Waals surface area contributed by atoms with Crippen LogP contribution < -0.4 is 10.1 Å². The summed E-state index contributed by atoms with van der Waals surface area (Å²) in [5, 5.41) is 21.0. The Hall–Kier alpha value is -3.48. The molecule has 0 spiro atoms. The molecule has 0 aromatic heterocycles. The van der Waals surface area contributed by atoms with E-state index in [0.29, 0.717) is 32.4 Å². The van der Waals surface area contributed by atoms with Crippen molar-refractivity contribution < 1.29 is 28.6 Å². The summed E-state index contributed by atoms with van der Waals surface area (Å²) >= 11 is 5.93. The zero-order valence-corrected chi connectivity index (χ0v) is 19.0. The SMILES string of the molecule is N#CC1(Cc2ccc(F)cc2)CCN(CC(=O)Oc2ccc(Cl)cc2C(=O)NCC(=O)O)CC1. The molecular weight excluding hydrogens is 465 g/mol. The number of halogens is 2. The van der Waals surface area contributed by atoms with Gasteiger partial charge in [0.05, 0.1) is 23.6 Å². The van der Waals surface area contributed by atoms with Crippen LogP contribution >= 0.6 is 11.6 Å². The minimum atomic E-state index is -1.22. The molecular formula is C24H23ClFN3O5. The summed E-state index contributed by atoms with van der Waals surface area (Å²) < 4.78 is 18.5. The lowest BCUT2D eigenvalue weighted by atomic mass is 9.75. The van der Waals surface area contributed by atoms with Gasteiger partial charge in [-0.2, -0.15) is 5.26 Å². The summed E-state index contributed by atoms with van der Waals surface area (Å²) in [6.45, 7) is 0.356. The van der Waals surface area contributed by atoms with Gasteiger partial charge in [0.25, 0.3) is 5.91 Å². The summed E-state index contributed by atoms with van der Waals surface area (Å²) in [7, 11) is 0. The number of carboxylic acid groups (broad SMARTS) is 1. The van der Waals surface area contributed by atoms with Crippen LogP contribution in [0.1, 0.15) is 28.8 Å². The average Bonchev–Trinajstić information content (AvgIpc) is 2.81. The Bertz CT molecular complexity index is 1110. The molecule has 1 amide bonds. The highest BCUT2D eigenvalue weighted by Gasteiger charge is 2.35. The van der Waals surface area contributed by atoms with Crippen molar-refractivity contribution in [1.29, 1.82) is 5.26 Å². The fraction of sp³-hybridized carbons (Fsp3) is 0.333. The smallest absolute Gasteiger partial charge is 0.325 e. The number of carboxylic acids is 1. The molecule has 10 heteroatoms. The van der Waals surface area contributed by atoms with Crippen molar-refractivity contribution in [1.82, 2.24) is 10.2 Å². The van der Waals surface area contributed by atoms with E-state index in [9.17, 15) is 24.0 Å². The molecule has 3 rings (SSSR count). The molecule has 0 saturated carbocycles. The van der Waals surface area contributed by atoms with Crippen LogP contribution in [0.4, 0.5) is 4.39 Å². The second-order valence-corrected chi connectivity index (χ2v) is 8.60. The molecule has 1 aliphatic rings. The number of likely N-dealkylation sites (tertiary alicyclic amines) is 1. The summed E-state index contributed by atoms with van der Waals surface area (Å²) in [6, 6.07) is 12.6. The lowest BCUT2D eigenvalue weighted by molar-refractivity contribution is -0.137. The van der Waals surface area contributed by atoms with Gasteiger partial charge in [-0.1, -0.05) is 23.7 Å². The number of nitriles is 1. The zero-order valence-electron chi connectivity index (χ0n) is 18.2. The van der Waals surface area contributed by atoms with Crippen molar-refractivity contribution in [2.75, 3.05) is 26.2 Å². The zero-order chi connectivity index (χ0) is 24.7. The fourth-order valence-corrected chi connectivity index (χ4v) is 3.99. The third-order valence-electron chi connectivity index (χ3n) is 5.67. The van der Waals surface area contributed by atoms with Gasteiger partial charge in [-0.15, -0.1) is 0 Å². The predicted octanol–water partition coefficient (Wildman–Crippen LogP) is 3.05. The van der Waals surface area contributed by atoms with E-state index in [1.165, 1.54) is 30.3 Å². The first kappa shape index (κ1) is 25.1. The molecule has 178 valence electrons. The number of hydrogen-bond acceptors (Lipinski definition) is 6. The largest absolute Gasteiger partial charge is 0.480 e. The highest BCUT2D eigenvalue weighted by atomic mass is 35.5. The van der Waals surface area contributed by atoms with Crippen LogP contribution in [0.2, 0.25) is 5.02 Å². The van der Waals surface area contributed by atoms with Gasteiger partial charge in [0.2, 0.25) is 0 Å². The van der Waals surface area contributed by atoms with E-state index in [0.717, 1.165) is 5.56 Å². The van der Waals surface area contributed by atoms with Crippen LogP contribution in [0.25, 0.3) is 0 Å². The van der Waals surface area contributed by atoms with Crippen LogP contribution in [0.15, 0.2) is 42.5 Å². The number of ether oxygens (including phenoxy) is 1. The second kappa shape index (κ2) is 11.1. The summed E-state index contributed by atoms with van der Waals surface area (Å²) in [4.78, 5) is 37.4. The van der Waals surface area contributed by atoms with Crippen molar-refractivity contribution in [2.24, 2.45) is 5.41 Å². The first-order chi connectivity index (χ1) is 16.2. The number of benzene rings is 2. The number of nitrogens with zero attached hydrogens (tertiary/aromatic N) is 2. The van der Waals surface area contributed by atoms with Gasteiger partial charge in [0, 0.05) is 18.1 Å². The van der Waals surface area contributed by atoms with Crippen molar-refractivity contribution in [3.05, 3.63) is 64.4 Å². The van der Waals surface area contributed by atoms with Crippen molar-refractivity contribution in [3.8, 4) is 11.8 Å². The Labute approximate surface area is 200 Å². The first-order valence-electron chi connectivity index (χ1n) is 10.6. The van der Waals surface area contributed by atoms with Crippen LogP contribution in [0.3, 0.4) is 0 Å². The quantitative estimate of drug-likeness (QED) is 0.433. The van der Waals surface area contributed by atoms with E-state index < -0.39 is 29.8 Å². The van der Waals surface area contributed by atoms with Crippen LogP contribution in [0, 0.1) is 22.6 Å².